The largest absolute Gasteiger partial charge is 0.494 e. The van der Waals surface area contributed by atoms with Crippen molar-refractivity contribution in [2.24, 2.45) is 0 Å². The van der Waals surface area contributed by atoms with E-state index in [1.807, 2.05) is 12.1 Å². The molecule has 0 atom stereocenters. The zero-order valence-corrected chi connectivity index (χ0v) is 15.2. The highest BCUT2D eigenvalue weighted by Crippen LogP contribution is 2.29. The second kappa shape index (κ2) is 8.65. The minimum Gasteiger partial charge on any atom is -0.494 e. The van der Waals surface area contributed by atoms with Crippen molar-refractivity contribution >= 4 is 17.5 Å². The molecule has 0 unspecified atom stereocenters. The summed E-state index contributed by atoms with van der Waals surface area (Å²) in [5.41, 5.74) is 1.49. The van der Waals surface area contributed by atoms with Crippen LogP contribution in [0.15, 0.2) is 48.5 Å². The summed E-state index contributed by atoms with van der Waals surface area (Å²) in [5, 5.41) is 0. The van der Waals surface area contributed by atoms with Crippen molar-refractivity contribution in [2.75, 3.05) is 11.5 Å². The topological polar surface area (TPSA) is 46.6 Å². The van der Waals surface area contributed by atoms with E-state index in [0.29, 0.717) is 23.4 Å². The van der Waals surface area contributed by atoms with Crippen LogP contribution in [0, 0.1) is 0 Å². The minimum absolute atomic E-state index is 0.272. The molecule has 0 N–H and O–H groups in total. The fourth-order valence-electron chi connectivity index (χ4n) is 3.19. The van der Waals surface area contributed by atoms with Crippen LogP contribution in [0.4, 0.5) is 5.69 Å². The molecule has 1 heterocycles. The maximum atomic E-state index is 12.5. The first kappa shape index (κ1) is 18.2. The molecule has 2 aromatic carbocycles. The maximum Gasteiger partial charge on any atom is 0.266 e. The molecule has 1 aliphatic heterocycles. The molecule has 0 bridgehead atoms. The summed E-state index contributed by atoms with van der Waals surface area (Å²) < 4.78 is 5.76. The summed E-state index contributed by atoms with van der Waals surface area (Å²) >= 11 is 0. The van der Waals surface area contributed by atoms with Gasteiger partial charge in [-0.25, -0.2) is 4.90 Å². The van der Waals surface area contributed by atoms with Gasteiger partial charge in [-0.2, -0.15) is 0 Å². The standard InChI is InChI=1S/C22H25NO3/c1-2-3-4-5-6-9-16-26-18-14-12-17(13-15-18)23-21(24)19-10-7-8-11-20(19)22(23)25/h7-8,10-15H,2-6,9,16H2,1H3. The third-order valence-electron chi connectivity index (χ3n) is 4.66. The average molecular weight is 351 g/mol. The normalized spacial score (nSPS) is 13.2. The number of carbonyl (C=O) groups is 2. The van der Waals surface area contributed by atoms with Gasteiger partial charge in [-0.05, 0) is 42.8 Å². The van der Waals surface area contributed by atoms with Gasteiger partial charge >= 0.3 is 0 Å². The van der Waals surface area contributed by atoms with Gasteiger partial charge in [0.15, 0.2) is 0 Å². The van der Waals surface area contributed by atoms with Crippen LogP contribution < -0.4 is 9.64 Å². The number of ether oxygens (including phenoxy) is 1. The smallest absolute Gasteiger partial charge is 0.266 e. The Morgan fingerprint density at radius 1 is 0.769 bits per heavy atom. The lowest BCUT2D eigenvalue weighted by Gasteiger charge is -2.14. The molecule has 3 rings (SSSR count). The third kappa shape index (κ3) is 3.96. The Balaban J connectivity index is 1.54. The molecule has 0 saturated carbocycles. The van der Waals surface area contributed by atoms with Gasteiger partial charge in [-0.15, -0.1) is 0 Å². The summed E-state index contributed by atoms with van der Waals surface area (Å²) in [6.07, 6.45) is 7.36. The molecule has 0 radical (unpaired) electrons. The van der Waals surface area contributed by atoms with E-state index in [1.54, 1.807) is 36.4 Å². The molecule has 0 aliphatic carbocycles. The Kier molecular flexibility index (Phi) is 6.05. The van der Waals surface area contributed by atoms with E-state index >= 15 is 0 Å². The molecule has 2 amide bonds. The number of anilines is 1. The number of hydrogen-bond acceptors (Lipinski definition) is 3. The number of imide groups is 1. The first-order chi connectivity index (χ1) is 12.7. The zero-order chi connectivity index (χ0) is 18.4. The molecule has 26 heavy (non-hydrogen) atoms. The molecule has 0 aromatic heterocycles. The molecule has 0 saturated heterocycles. The zero-order valence-electron chi connectivity index (χ0n) is 15.2. The van der Waals surface area contributed by atoms with Gasteiger partial charge in [-0.3, -0.25) is 9.59 Å². The first-order valence-corrected chi connectivity index (χ1v) is 9.43. The summed E-state index contributed by atoms with van der Waals surface area (Å²) in [6.45, 7) is 2.91. The van der Waals surface area contributed by atoms with Crippen molar-refractivity contribution in [3.63, 3.8) is 0 Å². The molecule has 0 spiro atoms. The Bertz CT molecular complexity index is 732. The van der Waals surface area contributed by atoms with Gasteiger partial charge in [0.25, 0.3) is 11.8 Å². The number of carbonyl (C=O) groups excluding carboxylic acids is 2. The lowest BCUT2D eigenvalue weighted by atomic mass is 10.1. The highest BCUT2D eigenvalue weighted by atomic mass is 16.5. The molecular formula is C22H25NO3. The third-order valence-corrected chi connectivity index (χ3v) is 4.66. The van der Waals surface area contributed by atoms with Crippen LogP contribution in [0.25, 0.3) is 0 Å². The van der Waals surface area contributed by atoms with E-state index in [1.165, 1.54) is 37.0 Å². The van der Waals surface area contributed by atoms with Crippen LogP contribution in [0.2, 0.25) is 0 Å². The van der Waals surface area contributed by atoms with Gasteiger partial charge in [-0.1, -0.05) is 51.2 Å². The molecule has 4 heteroatoms. The number of amides is 2. The van der Waals surface area contributed by atoms with Crippen LogP contribution in [0.1, 0.15) is 66.2 Å². The molecular weight excluding hydrogens is 326 g/mol. The fourth-order valence-corrected chi connectivity index (χ4v) is 3.19. The van der Waals surface area contributed by atoms with Gasteiger partial charge < -0.3 is 4.74 Å². The number of unbranched alkanes of at least 4 members (excludes halogenated alkanes) is 5. The highest BCUT2D eigenvalue weighted by Gasteiger charge is 2.36. The van der Waals surface area contributed by atoms with E-state index < -0.39 is 0 Å². The van der Waals surface area contributed by atoms with Crippen molar-refractivity contribution < 1.29 is 14.3 Å². The first-order valence-electron chi connectivity index (χ1n) is 9.43. The minimum atomic E-state index is -0.272. The Hall–Kier alpha value is -2.62. The van der Waals surface area contributed by atoms with Gasteiger partial charge in [0.05, 0.1) is 23.4 Å². The lowest BCUT2D eigenvalue weighted by molar-refractivity contribution is 0.0926. The monoisotopic (exact) mass is 351 g/mol. The SMILES string of the molecule is CCCCCCCCOc1ccc(N2C(=O)c3ccccc3C2=O)cc1. The van der Waals surface area contributed by atoms with Crippen LogP contribution in [0.3, 0.4) is 0 Å². The number of nitrogens with zero attached hydrogens (tertiary/aromatic N) is 1. The van der Waals surface area contributed by atoms with Crippen LogP contribution in [-0.2, 0) is 0 Å². The summed E-state index contributed by atoms with van der Waals surface area (Å²) in [5.74, 6) is 0.219. The lowest BCUT2D eigenvalue weighted by Crippen LogP contribution is -2.29. The second-order valence-corrected chi connectivity index (χ2v) is 6.60. The van der Waals surface area contributed by atoms with Crippen molar-refractivity contribution in [1.82, 2.24) is 0 Å². The number of rotatable bonds is 9. The van der Waals surface area contributed by atoms with Crippen molar-refractivity contribution in [2.45, 2.75) is 45.4 Å². The maximum absolute atomic E-state index is 12.5. The Labute approximate surface area is 154 Å². The van der Waals surface area contributed by atoms with Gasteiger partial charge in [0.2, 0.25) is 0 Å². The average Bonchev–Trinajstić information content (AvgIpc) is 2.93. The van der Waals surface area contributed by atoms with Crippen LogP contribution in [0.5, 0.6) is 5.75 Å². The van der Waals surface area contributed by atoms with Gasteiger partial charge in [0.1, 0.15) is 5.75 Å². The molecule has 4 nitrogen and oxygen atoms in total. The van der Waals surface area contributed by atoms with Crippen molar-refractivity contribution in [1.29, 1.82) is 0 Å². The van der Waals surface area contributed by atoms with E-state index in [2.05, 4.69) is 6.92 Å². The molecule has 136 valence electrons. The number of benzene rings is 2. The fraction of sp³-hybridized carbons (Fsp3) is 0.364. The molecule has 1 aliphatic rings. The quantitative estimate of drug-likeness (QED) is 0.459. The van der Waals surface area contributed by atoms with Crippen LogP contribution >= 0.6 is 0 Å². The predicted octanol–water partition coefficient (Wildman–Crippen LogP) is 5.23. The van der Waals surface area contributed by atoms with Crippen molar-refractivity contribution in [3.05, 3.63) is 59.7 Å². The Morgan fingerprint density at radius 2 is 1.35 bits per heavy atom. The number of hydrogen-bond donors (Lipinski definition) is 0. The second-order valence-electron chi connectivity index (χ2n) is 6.60. The Morgan fingerprint density at radius 3 is 1.96 bits per heavy atom. The van der Waals surface area contributed by atoms with Gasteiger partial charge in [0, 0.05) is 0 Å². The van der Waals surface area contributed by atoms with Crippen LogP contribution in [-0.4, -0.2) is 18.4 Å². The molecule has 2 aromatic rings. The van der Waals surface area contributed by atoms with E-state index in [-0.39, 0.29) is 11.8 Å². The highest BCUT2D eigenvalue weighted by molar-refractivity contribution is 6.34. The van der Waals surface area contributed by atoms with E-state index in [9.17, 15) is 9.59 Å². The van der Waals surface area contributed by atoms with Crippen molar-refractivity contribution in [3.8, 4) is 5.75 Å². The summed E-state index contributed by atoms with van der Waals surface area (Å²) in [4.78, 5) is 26.2. The summed E-state index contributed by atoms with van der Waals surface area (Å²) in [7, 11) is 0. The predicted molar refractivity (Wildman–Crippen MR) is 103 cm³/mol. The summed E-state index contributed by atoms with van der Waals surface area (Å²) in [6, 6.07) is 14.1. The van der Waals surface area contributed by atoms with E-state index in [4.69, 9.17) is 4.74 Å². The van der Waals surface area contributed by atoms with E-state index in [0.717, 1.165) is 12.2 Å². The number of fused-ring (bicyclic) bond motifs is 1. The molecule has 0 fully saturated rings.